The van der Waals surface area contributed by atoms with E-state index in [1.807, 2.05) is 31.2 Å². The maximum Gasteiger partial charge on any atom is 0.123 e. The molecule has 0 aliphatic heterocycles. The summed E-state index contributed by atoms with van der Waals surface area (Å²) in [6.45, 7) is 3.99. The van der Waals surface area contributed by atoms with Crippen LogP contribution >= 0.6 is 0 Å². The number of halogens is 1. The predicted octanol–water partition coefficient (Wildman–Crippen LogP) is 3.94. The minimum absolute atomic E-state index is 0.209. The molecule has 1 nitrogen and oxygen atoms in total. The zero-order valence-corrected chi connectivity index (χ0v) is 11.5. The second kappa shape index (κ2) is 5.54. The largest absolute Gasteiger partial charge is 0.321 e. The van der Waals surface area contributed by atoms with Crippen molar-refractivity contribution in [3.8, 4) is 0 Å². The Balaban J connectivity index is 2.36. The first-order chi connectivity index (χ1) is 9.05. The summed E-state index contributed by atoms with van der Waals surface area (Å²) in [4.78, 5) is 0. The van der Waals surface area contributed by atoms with Crippen LogP contribution in [0.5, 0.6) is 0 Å². The Bertz CT molecular complexity index is 550. The predicted molar refractivity (Wildman–Crippen MR) is 77.4 cm³/mol. The van der Waals surface area contributed by atoms with Crippen molar-refractivity contribution in [2.24, 2.45) is 5.73 Å². The van der Waals surface area contributed by atoms with E-state index in [4.69, 9.17) is 5.73 Å². The molecule has 2 N–H and O–H groups in total. The third-order valence-electron chi connectivity index (χ3n) is 3.72. The van der Waals surface area contributed by atoms with Gasteiger partial charge in [-0.3, -0.25) is 0 Å². The van der Waals surface area contributed by atoms with E-state index in [2.05, 4.69) is 19.1 Å². The van der Waals surface area contributed by atoms with Crippen LogP contribution in [0.15, 0.2) is 48.5 Å². The number of aryl methyl sites for hydroxylation is 1. The molecule has 0 radical (unpaired) electrons. The zero-order chi connectivity index (χ0) is 13.9. The Morgan fingerprint density at radius 1 is 1.11 bits per heavy atom. The number of benzene rings is 2. The van der Waals surface area contributed by atoms with Gasteiger partial charge in [-0.05, 0) is 48.6 Å². The molecule has 2 heteroatoms. The summed E-state index contributed by atoms with van der Waals surface area (Å²) in [7, 11) is 0. The Morgan fingerprint density at radius 2 is 1.79 bits per heavy atom. The number of rotatable bonds is 4. The first kappa shape index (κ1) is 13.8. The minimum Gasteiger partial charge on any atom is -0.321 e. The molecule has 2 rings (SSSR count). The summed E-state index contributed by atoms with van der Waals surface area (Å²) in [5, 5.41) is 0. The van der Waals surface area contributed by atoms with Crippen LogP contribution in [0.25, 0.3) is 0 Å². The Hall–Kier alpha value is -1.67. The van der Waals surface area contributed by atoms with Gasteiger partial charge in [0.25, 0.3) is 0 Å². The monoisotopic (exact) mass is 257 g/mol. The van der Waals surface area contributed by atoms with Crippen LogP contribution in [-0.4, -0.2) is 0 Å². The van der Waals surface area contributed by atoms with Gasteiger partial charge in [0.2, 0.25) is 0 Å². The Labute approximate surface area is 114 Å². The average Bonchev–Trinajstić information content (AvgIpc) is 2.39. The van der Waals surface area contributed by atoms with Crippen molar-refractivity contribution >= 4 is 0 Å². The lowest BCUT2D eigenvalue weighted by molar-refractivity contribution is 0.422. The molecule has 2 aromatic carbocycles. The number of hydrogen-bond acceptors (Lipinski definition) is 1. The molecule has 0 fully saturated rings. The lowest BCUT2D eigenvalue weighted by atomic mass is 9.80. The summed E-state index contributed by atoms with van der Waals surface area (Å²) in [5.74, 6) is -0.209. The molecular weight excluding hydrogens is 237 g/mol. The topological polar surface area (TPSA) is 26.0 Å². The van der Waals surface area contributed by atoms with Crippen molar-refractivity contribution in [3.63, 3.8) is 0 Å². The molecule has 0 aliphatic rings. The summed E-state index contributed by atoms with van der Waals surface area (Å²) in [5.41, 5.74) is 9.28. The molecule has 0 aliphatic carbocycles. The normalized spacial score (nSPS) is 14.1. The van der Waals surface area contributed by atoms with Crippen molar-refractivity contribution < 1.29 is 4.39 Å². The maximum atomic E-state index is 13.2. The third-order valence-corrected chi connectivity index (χ3v) is 3.72. The van der Waals surface area contributed by atoms with E-state index in [1.165, 1.54) is 11.6 Å². The van der Waals surface area contributed by atoms with E-state index in [-0.39, 0.29) is 5.82 Å². The Kier molecular flexibility index (Phi) is 4.01. The van der Waals surface area contributed by atoms with Gasteiger partial charge in [-0.25, -0.2) is 4.39 Å². The fourth-order valence-electron chi connectivity index (χ4n) is 2.56. The summed E-state index contributed by atoms with van der Waals surface area (Å²) in [6.07, 6.45) is 1.57. The van der Waals surface area contributed by atoms with Crippen LogP contribution in [0.2, 0.25) is 0 Å². The minimum atomic E-state index is -0.445. The molecule has 0 saturated carbocycles. The highest BCUT2D eigenvalue weighted by molar-refractivity contribution is 5.35. The lowest BCUT2D eigenvalue weighted by Crippen LogP contribution is -2.39. The van der Waals surface area contributed by atoms with Gasteiger partial charge in [-0.15, -0.1) is 0 Å². The van der Waals surface area contributed by atoms with E-state index >= 15 is 0 Å². The van der Waals surface area contributed by atoms with E-state index < -0.39 is 5.54 Å². The Morgan fingerprint density at radius 3 is 2.37 bits per heavy atom. The van der Waals surface area contributed by atoms with Crippen molar-refractivity contribution in [1.29, 1.82) is 0 Å². The first-order valence-electron chi connectivity index (χ1n) is 6.64. The molecule has 19 heavy (non-hydrogen) atoms. The highest BCUT2D eigenvalue weighted by Gasteiger charge is 2.27. The van der Waals surface area contributed by atoms with E-state index in [0.29, 0.717) is 0 Å². The zero-order valence-electron chi connectivity index (χ0n) is 11.5. The lowest BCUT2D eigenvalue weighted by Gasteiger charge is -2.30. The van der Waals surface area contributed by atoms with Crippen LogP contribution in [0.4, 0.5) is 4.39 Å². The molecule has 0 amide bonds. The van der Waals surface area contributed by atoms with E-state index in [9.17, 15) is 4.39 Å². The third kappa shape index (κ3) is 3.02. The fraction of sp³-hybridized carbons (Fsp3) is 0.294. The van der Waals surface area contributed by atoms with Crippen LogP contribution < -0.4 is 5.73 Å². The van der Waals surface area contributed by atoms with Crippen molar-refractivity contribution in [3.05, 3.63) is 71.0 Å². The molecule has 2 aromatic rings. The SMILES string of the molecule is CCC(N)(Cc1ccccc1)c1ccc(F)cc1C. The quantitative estimate of drug-likeness (QED) is 0.882. The van der Waals surface area contributed by atoms with Gasteiger partial charge in [0.05, 0.1) is 0 Å². The molecular formula is C17H20FN. The van der Waals surface area contributed by atoms with Crippen LogP contribution in [-0.2, 0) is 12.0 Å². The molecule has 0 aromatic heterocycles. The molecule has 0 spiro atoms. The number of hydrogen-bond donors (Lipinski definition) is 1. The van der Waals surface area contributed by atoms with Crippen molar-refractivity contribution in [2.45, 2.75) is 32.2 Å². The molecule has 1 atom stereocenters. The summed E-state index contributed by atoms with van der Waals surface area (Å²) >= 11 is 0. The molecule has 0 saturated heterocycles. The maximum absolute atomic E-state index is 13.2. The van der Waals surface area contributed by atoms with Crippen LogP contribution in [0.1, 0.15) is 30.0 Å². The second-order valence-electron chi connectivity index (χ2n) is 5.13. The van der Waals surface area contributed by atoms with E-state index in [1.54, 1.807) is 6.07 Å². The van der Waals surface area contributed by atoms with Gasteiger partial charge >= 0.3 is 0 Å². The van der Waals surface area contributed by atoms with Crippen LogP contribution in [0.3, 0.4) is 0 Å². The fourth-order valence-corrected chi connectivity index (χ4v) is 2.56. The van der Waals surface area contributed by atoms with Gasteiger partial charge in [0.15, 0.2) is 0 Å². The molecule has 1 unspecified atom stereocenters. The van der Waals surface area contributed by atoms with Crippen LogP contribution in [0, 0.1) is 12.7 Å². The van der Waals surface area contributed by atoms with Gasteiger partial charge < -0.3 is 5.73 Å². The summed E-state index contributed by atoms with van der Waals surface area (Å²) in [6, 6.07) is 15.0. The number of nitrogens with two attached hydrogens (primary N) is 1. The smallest absolute Gasteiger partial charge is 0.123 e. The average molecular weight is 257 g/mol. The van der Waals surface area contributed by atoms with E-state index in [0.717, 1.165) is 24.0 Å². The highest BCUT2D eigenvalue weighted by atomic mass is 19.1. The molecule has 0 bridgehead atoms. The van der Waals surface area contributed by atoms with Crippen molar-refractivity contribution in [1.82, 2.24) is 0 Å². The van der Waals surface area contributed by atoms with Gasteiger partial charge in [-0.2, -0.15) is 0 Å². The van der Waals surface area contributed by atoms with Gasteiger partial charge in [0.1, 0.15) is 5.82 Å². The van der Waals surface area contributed by atoms with Crippen molar-refractivity contribution in [2.75, 3.05) is 0 Å². The molecule has 0 heterocycles. The standard InChI is InChI=1S/C17H20FN/c1-3-17(19,12-14-7-5-4-6-8-14)16-10-9-15(18)11-13(16)2/h4-11H,3,12,19H2,1-2H3. The summed E-state index contributed by atoms with van der Waals surface area (Å²) < 4.78 is 13.2. The van der Waals surface area contributed by atoms with Gasteiger partial charge in [-0.1, -0.05) is 43.3 Å². The first-order valence-corrected chi connectivity index (χ1v) is 6.64. The second-order valence-corrected chi connectivity index (χ2v) is 5.13. The highest BCUT2D eigenvalue weighted by Crippen LogP contribution is 2.29. The van der Waals surface area contributed by atoms with Gasteiger partial charge in [0, 0.05) is 5.54 Å². The molecule has 100 valence electrons.